The molecular weight excluding hydrogens is 238 g/mol. The van der Waals surface area contributed by atoms with Gasteiger partial charge in [-0.05, 0) is 12.6 Å². The van der Waals surface area contributed by atoms with Crippen LogP contribution in [0.5, 0.6) is 0 Å². The molecule has 18 heavy (non-hydrogen) atoms. The minimum absolute atomic E-state index is 0.298. The van der Waals surface area contributed by atoms with Gasteiger partial charge in [-0.1, -0.05) is 19.1 Å². The van der Waals surface area contributed by atoms with Crippen molar-refractivity contribution in [2.45, 2.75) is 19.5 Å². The molecule has 0 saturated heterocycles. The van der Waals surface area contributed by atoms with Crippen LogP contribution in [0.3, 0.4) is 0 Å². The van der Waals surface area contributed by atoms with E-state index >= 15 is 0 Å². The predicted octanol–water partition coefficient (Wildman–Crippen LogP) is 1.91. The van der Waals surface area contributed by atoms with Crippen LogP contribution in [0.4, 0.5) is 8.78 Å². The third kappa shape index (κ3) is 2.70. The Balaban J connectivity index is 2.26. The number of halogens is 2. The van der Waals surface area contributed by atoms with Crippen molar-refractivity contribution in [1.29, 1.82) is 0 Å². The second-order valence-corrected chi connectivity index (χ2v) is 3.87. The Hall–Kier alpha value is -1.82. The Bertz CT molecular complexity index is 499. The van der Waals surface area contributed by atoms with Gasteiger partial charge in [-0.3, -0.25) is 4.68 Å². The number of aromatic nitrogens is 3. The lowest BCUT2D eigenvalue weighted by Gasteiger charge is -2.18. The fraction of sp³-hybridized carbons (Fsp3) is 0.333. The van der Waals surface area contributed by atoms with E-state index in [1.54, 1.807) is 17.1 Å². The van der Waals surface area contributed by atoms with Crippen LogP contribution in [0, 0.1) is 11.6 Å². The van der Waals surface area contributed by atoms with Crippen molar-refractivity contribution in [3.05, 3.63) is 48.1 Å². The SMILES string of the molecule is CCNC(Cn1cncn1)c1cccc(F)c1F. The molecule has 2 rings (SSSR count). The lowest BCUT2D eigenvalue weighted by Crippen LogP contribution is -2.26. The average Bonchev–Trinajstić information content (AvgIpc) is 2.85. The highest BCUT2D eigenvalue weighted by molar-refractivity contribution is 5.22. The Morgan fingerprint density at radius 1 is 1.39 bits per heavy atom. The number of rotatable bonds is 5. The van der Waals surface area contributed by atoms with Crippen molar-refractivity contribution in [1.82, 2.24) is 20.1 Å². The Morgan fingerprint density at radius 3 is 2.89 bits per heavy atom. The Labute approximate surface area is 104 Å². The van der Waals surface area contributed by atoms with Gasteiger partial charge < -0.3 is 5.32 Å². The van der Waals surface area contributed by atoms with Gasteiger partial charge in [0, 0.05) is 5.56 Å². The maximum atomic E-state index is 13.7. The van der Waals surface area contributed by atoms with Crippen LogP contribution in [-0.2, 0) is 6.54 Å². The van der Waals surface area contributed by atoms with Gasteiger partial charge in [0.05, 0.1) is 12.6 Å². The molecule has 0 bridgehead atoms. The zero-order valence-corrected chi connectivity index (χ0v) is 9.98. The van der Waals surface area contributed by atoms with Crippen LogP contribution in [0.1, 0.15) is 18.5 Å². The smallest absolute Gasteiger partial charge is 0.163 e. The van der Waals surface area contributed by atoms with Crippen LogP contribution in [0.25, 0.3) is 0 Å². The summed E-state index contributed by atoms with van der Waals surface area (Å²) in [6.45, 7) is 2.95. The summed E-state index contributed by atoms with van der Waals surface area (Å²) in [5, 5.41) is 7.08. The van der Waals surface area contributed by atoms with Crippen LogP contribution in [0.15, 0.2) is 30.9 Å². The highest BCUT2D eigenvalue weighted by Crippen LogP contribution is 2.20. The lowest BCUT2D eigenvalue weighted by atomic mass is 10.1. The molecule has 1 aromatic heterocycles. The van der Waals surface area contributed by atoms with E-state index in [-0.39, 0.29) is 6.04 Å². The third-order valence-corrected chi connectivity index (χ3v) is 2.64. The van der Waals surface area contributed by atoms with E-state index in [9.17, 15) is 8.78 Å². The minimum atomic E-state index is -0.839. The monoisotopic (exact) mass is 252 g/mol. The molecular formula is C12H14F2N4. The van der Waals surface area contributed by atoms with E-state index in [4.69, 9.17) is 0 Å². The fourth-order valence-corrected chi connectivity index (χ4v) is 1.82. The molecule has 1 heterocycles. The van der Waals surface area contributed by atoms with Gasteiger partial charge in [0.2, 0.25) is 0 Å². The van der Waals surface area contributed by atoms with Crippen molar-refractivity contribution in [2.24, 2.45) is 0 Å². The van der Waals surface area contributed by atoms with E-state index in [1.807, 2.05) is 6.92 Å². The quantitative estimate of drug-likeness (QED) is 0.884. The summed E-state index contributed by atoms with van der Waals surface area (Å²) < 4.78 is 28.5. The standard InChI is InChI=1S/C12H14F2N4/c1-2-16-11(6-18-8-15-7-17-18)9-4-3-5-10(13)12(9)14/h3-5,7-8,11,16H,2,6H2,1H3. The summed E-state index contributed by atoms with van der Waals surface area (Å²) in [5.41, 5.74) is 0.298. The highest BCUT2D eigenvalue weighted by atomic mass is 19.2. The summed E-state index contributed by atoms with van der Waals surface area (Å²) >= 11 is 0. The Kier molecular flexibility index (Phi) is 3.99. The molecule has 1 unspecified atom stereocenters. The molecule has 1 aromatic carbocycles. The van der Waals surface area contributed by atoms with Gasteiger partial charge in [-0.2, -0.15) is 5.10 Å². The molecule has 0 aliphatic carbocycles. The van der Waals surface area contributed by atoms with Crippen LogP contribution >= 0.6 is 0 Å². The summed E-state index contributed by atoms with van der Waals surface area (Å²) in [6, 6.07) is 3.84. The summed E-state index contributed by atoms with van der Waals surface area (Å²) in [4.78, 5) is 3.83. The first-order valence-electron chi connectivity index (χ1n) is 5.72. The first kappa shape index (κ1) is 12.6. The maximum absolute atomic E-state index is 13.7. The number of likely N-dealkylation sites (N-methyl/N-ethyl adjacent to an activating group) is 1. The normalized spacial score (nSPS) is 12.6. The van der Waals surface area contributed by atoms with Crippen molar-refractivity contribution in [3.8, 4) is 0 Å². The van der Waals surface area contributed by atoms with E-state index in [0.29, 0.717) is 18.7 Å². The minimum Gasteiger partial charge on any atom is -0.309 e. The molecule has 6 heteroatoms. The van der Waals surface area contributed by atoms with E-state index < -0.39 is 11.6 Å². The summed E-state index contributed by atoms with van der Waals surface area (Å²) in [5.74, 6) is -1.66. The molecule has 0 radical (unpaired) electrons. The molecule has 4 nitrogen and oxygen atoms in total. The van der Waals surface area contributed by atoms with Gasteiger partial charge >= 0.3 is 0 Å². The van der Waals surface area contributed by atoms with Crippen molar-refractivity contribution < 1.29 is 8.78 Å². The maximum Gasteiger partial charge on any atom is 0.163 e. The molecule has 0 aliphatic heterocycles. The molecule has 0 fully saturated rings. The first-order valence-corrected chi connectivity index (χ1v) is 5.72. The van der Waals surface area contributed by atoms with E-state index in [0.717, 1.165) is 6.07 Å². The molecule has 96 valence electrons. The third-order valence-electron chi connectivity index (χ3n) is 2.64. The highest BCUT2D eigenvalue weighted by Gasteiger charge is 2.18. The molecule has 0 saturated carbocycles. The largest absolute Gasteiger partial charge is 0.309 e. The molecule has 0 aliphatic rings. The second kappa shape index (κ2) is 5.68. The molecule has 1 atom stereocenters. The number of hydrogen-bond donors (Lipinski definition) is 1. The fourth-order valence-electron chi connectivity index (χ4n) is 1.82. The molecule has 0 amide bonds. The van der Waals surface area contributed by atoms with Crippen LogP contribution in [-0.4, -0.2) is 21.3 Å². The number of hydrogen-bond acceptors (Lipinski definition) is 3. The number of nitrogens with one attached hydrogen (secondary N) is 1. The summed E-state index contributed by atoms with van der Waals surface area (Å²) in [6.07, 6.45) is 2.95. The van der Waals surface area contributed by atoms with E-state index in [1.165, 1.54) is 12.4 Å². The average molecular weight is 252 g/mol. The van der Waals surface area contributed by atoms with Crippen molar-refractivity contribution in [3.63, 3.8) is 0 Å². The topological polar surface area (TPSA) is 42.7 Å². The predicted molar refractivity (Wildman–Crippen MR) is 62.8 cm³/mol. The zero-order chi connectivity index (χ0) is 13.0. The van der Waals surface area contributed by atoms with E-state index in [2.05, 4.69) is 15.4 Å². The van der Waals surface area contributed by atoms with Gasteiger partial charge in [0.1, 0.15) is 12.7 Å². The lowest BCUT2D eigenvalue weighted by molar-refractivity contribution is 0.417. The van der Waals surface area contributed by atoms with Gasteiger partial charge in [0.25, 0.3) is 0 Å². The van der Waals surface area contributed by atoms with Crippen LogP contribution in [0.2, 0.25) is 0 Å². The number of nitrogens with zero attached hydrogens (tertiary/aromatic N) is 3. The van der Waals surface area contributed by atoms with Crippen LogP contribution < -0.4 is 5.32 Å². The second-order valence-electron chi connectivity index (χ2n) is 3.87. The van der Waals surface area contributed by atoms with Gasteiger partial charge in [0.15, 0.2) is 11.6 Å². The van der Waals surface area contributed by atoms with Gasteiger partial charge in [-0.25, -0.2) is 13.8 Å². The number of benzene rings is 1. The molecule has 2 aromatic rings. The molecule has 0 spiro atoms. The first-order chi connectivity index (χ1) is 8.72. The van der Waals surface area contributed by atoms with Crippen molar-refractivity contribution >= 4 is 0 Å². The zero-order valence-electron chi connectivity index (χ0n) is 9.98. The van der Waals surface area contributed by atoms with Gasteiger partial charge in [-0.15, -0.1) is 0 Å². The van der Waals surface area contributed by atoms with Crippen molar-refractivity contribution in [2.75, 3.05) is 6.54 Å². The Morgan fingerprint density at radius 2 is 2.22 bits per heavy atom. The summed E-state index contributed by atoms with van der Waals surface area (Å²) in [7, 11) is 0. The molecule has 1 N–H and O–H groups in total.